The number of likely N-dealkylation sites (N-methyl/N-ethyl adjacent to an activating group) is 1. The highest BCUT2D eigenvalue weighted by Gasteiger charge is 2.37. The third kappa shape index (κ3) is 5.50. The Labute approximate surface area is 150 Å². The summed E-state index contributed by atoms with van der Waals surface area (Å²) >= 11 is 17.8. The van der Waals surface area contributed by atoms with Crippen LogP contribution in [0.2, 0.25) is 10.0 Å². The van der Waals surface area contributed by atoms with Gasteiger partial charge in [-0.15, -0.1) is 11.6 Å². The van der Waals surface area contributed by atoms with Crippen molar-refractivity contribution >= 4 is 50.5 Å². The number of alkyl halides is 1. The molecule has 1 aromatic carbocycles. The highest BCUT2D eigenvalue weighted by molar-refractivity contribution is 7.91. The van der Waals surface area contributed by atoms with E-state index >= 15 is 0 Å². The lowest BCUT2D eigenvalue weighted by Gasteiger charge is -2.19. The van der Waals surface area contributed by atoms with Gasteiger partial charge in [-0.2, -0.15) is 0 Å². The van der Waals surface area contributed by atoms with Crippen molar-refractivity contribution in [1.82, 2.24) is 10.2 Å². The van der Waals surface area contributed by atoms with Gasteiger partial charge in [-0.3, -0.25) is 9.69 Å². The van der Waals surface area contributed by atoms with Crippen LogP contribution in [0.4, 0.5) is 0 Å². The zero-order valence-electron chi connectivity index (χ0n) is 12.4. The molecule has 1 aliphatic rings. The molecule has 23 heavy (non-hydrogen) atoms. The fraction of sp³-hybridized carbons (Fsp3) is 0.500. The maximum atomic E-state index is 12.0. The van der Waals surface area contributed by atoms with Crippen molar-refractivity contribution in [2.24, 2.45) is 0 Å². The predicted molar refractivity (Wildman–Crippen MR) is 93.0 cm³/mol. The van der Waals surface area contributed by atoms with E-state index in [1.54, 1.807) is 24.1 Å². The van der Waals surface area contributed by atoms with Gasteiger partial charge in [-0.05, 0) is 24.7 Å². The molecule has 1 aliphatic heterocycles. The molecule has 0 radical (unpaired) electrons. The quantitative estimate of drug-likeness (QED) is 0.769. The van der Waals surface area contributed by atoms with Gasteiger partial charge in [0, 0.05) is 6.54 Å². The second kappa shape index (κ2) is 7.57. The summed E-state index contributed by atoms with van der Waals surface area (Å²) in [6.45, 7) is 0.637. The maximum Gasteiger partial charge on any atom is 0.234 e. The average molecular weight is 400 g/mol. The third-order valence-electron chi connectivity index (χ3n) is 3.48. The van der Waals surface area contributed by atoms with Crippen LogP contribution < -0.4 is 5.32 Å². The first-order chi connectivity index (χ1) is 10.7. The minimum absolute atomic E-state index is 0.0986. The van der Waals surface area contributed by atoms with Gasteiger partial charge in [-0.25, -0.2) is 8.42 Å². The van der Waals surface area contributed by atoms with Gasteiger partial charge in [0.1, 0.15) is 0 Å². The zero-order chi connectivity index (χ0) is 17.2. The van der Waals surface area contributed by atoms with Crippen molar-refractivity contribution in [1.29, 1.82) is 0 Å². The predicted octanol–water partition coefficient (Wildman–Crippen LogP) is 1.95. The summed E-state index contributed by atoms with van der Waals surface area (Å²) in [5.41, 5.74) is 0.924. The van der Waals surface area contributed by atoms with E-state index in [1.165, 1.54) is 0 Å². The summed E-state index contributed by atoms with van der Waals surface area (Å²) in [4.78, 5) is 13.8. The van der Waals surface area contributed by atoms with Crippen LogP contribution in [0, 0.1) is 0 Å². The van der Waals surface area contributed by atoms with Crippen molar-refractivity contribution < 1.29 is 13.2 Å². The molecule has 2 atom stereocenters. The van der Waals surface area contributed by atoms with E-state index in [2.05, 4.69) is 5.32 Å². The Bertz CT molecular complexity index is 697. The molecule has 9 heteroatoms. The minimum Gasteiger partial charge on any atom is -0.350 e. The second-order valence-electron chi connectivity index (χ2n) is 5.69. The molecule has 1 saturated heterocycles. The number of benzene rings is 1. The summed E-state index contributed by atoms with van der Waals surface area (Å²) in [6.07, 6.45) is 0. The number of hydrogen-bond acceptors (Lipinski definition) is 4. The number of hydrogen-bond donors (Lipinski definition) is 1. The van der Waals surface area contributed by atoms with E-state index in [4.69, 9.17) is 34.8 Å². The van der Waals surface area contributed by atoms with Gasteiger partial charge >= 0.3 is 0 Å². The normalized spacial score (nSPS) is 23.2. The number of halogens is 3. The van der Waals surface area contributed by atoms with Gasteiger partial charge in [0.25, 0.3) is 0 Å². The number of carbonyl (C=O) groups is 1. The Kier molecular flexibility index (Phi) is 6.19. The molecule has 0 aliphatic carbocycles. The van der Waals surface area contributed by atoms with E-state index in [-0.39, 0.29) is 24.0 Å². The van der Waals surface area contributed by atoms with E-state index in [9.17, 15) is 13.2 Å². The molecular weight excluding hydrogens is 383 g/mol. The van der Waals surface area contributed by atoms with Crippen molar-refractivity contribution in [3.8, 4) is 0 Å². The Hall–Kier alpha value is -0.530. The van der Waals surface area contributed by atoms with Gasteiger partial charge in [0.2, 0.25) is 5.91 Å². The Morgan fingerprint density at radius 1 is 1.30 bits per heavy atom. The molecular formula is C14H17Cl3N2O3S. The first-order valence-electron chi connectivity index (χ1n) is 6.92. The number of rotatable bonds is 5. The molecule has 1 fully saturated rings. The first kappa shape index (κ1) is 18.8. The van der Waals surface area contributed by atoms with Crippen LogP contribution in [0.3, 0.4) is 0 Å². The monoisotopic (exact) mass is 398 g/mol. The minimum atomic E-state index is -3.16. The van der Waals surface area contributed by atoms with Crippen LogP contribution in [0.5, 0.6) is 0 Å². The largest absolute Gasteiger partial charge is 0.350 e. The van der Waals surface area contributed by atoms with Crippen LogP contribution in [0.15, 0.2) is 18.2 Å². The Morgan fingerprint density at radius 3 is 2.57 bits per heavy atom. The topological polar surface area (TPSA) is 66.5 Å². The molecule has 0 unspecified atom stereocenters. The molecule has 128 valence electrons. The Morgan fingerprint density at radius 2 is 2.00 bits per heavy atom. The highest BCUT2D eigenvalue weighted by Crippen LogP contribution is 2.23. The van der Waals surface area contributed by atoms with Crippen molar-refractivity contribution in [3.05, 3.63) is 33.8 Å². The van der Waals surface area contributed by atoms with Gasteiger partial charge in [0.15, 0.2) is 9.84 Å². The van der Waals surface area contributed by atoms with Crippen LogP contribution in [-0.2, 0) is 21.2 Å². The summed E-state index contributed by atoms with van der Waals surface area (Å²) < 4.78 is 23.0. The number of sulfone groups is 1. The highest BCUT2D eigenvalue weighted by atomic mass is 35.5. The third-order valence-corrected chi connectivity index (χ3v) is 6.59. The fourth-order valence-electron chi connectivity index (χ4n) is 2.44. The lowest BCUT2D eigenvalue weighted by atomic mass is 10.2. The van der Waals surface area contributed by atoms with Crippen LogP contribution >= 0.6 is 34.8 Å². The number of nitrogens with one attached hydrogen (secondary N) is 1. The number of carbonyl (C=O) groups excluding carboxylic acids is 1. The molecule has 2 rings (SSSR count). The van der Waals surface area contributed by atoms with Gasteiger partial charge in [-0.1, -0.05) is 29.3 Å². The molecule has 0 aromatic heterocycles. The zero-order valence-corrected chi connectivity index (χ0v) is 15.5. The van der Waals surface area contributed by atoms with Crippen molar-refractivity contribution in [2.45, 2.75) is 18.0 Å². The lowest BCUT2D eigenvalue weighted by molar-refractivity contribution is -0.122. The molecule has 0 bridgehead atoms. The lowest BCUT2D eigenvalue weighted by Crippen LogP contribution is -2.44. The molecule has 1 heterocycles. The second-order valence-corrected chi connectivity index (χ2v) is 9.22. The molecule has 1 aromatic rings. The van der Waals surface area contributed by atoms with E-state index in [0.29, 0.717) is 16.6 Å². The average Bonchev–Trinajstić information content (AvgIpc) is 2.66. The van der Waals surface area contributed by atoms with Crippen molar-refractivity contribution in [3.63, 3.8) is 0 Å². The van der Waals surface area contributed by atoms with E-state index in [0.717, 1.165) is 5.56 Å². The molecule has 1 amide bonds. The maximum absolute atomic E-state index is 12.0. The number of nitrogens with zero attached hydrogens (tertiary/aromatic N) is 1. The molecule has 1 N–H and O–H groups in total. The SMILES string of the molecule is CN(CC(=O)N[C@H]1CS(=O)(=O)C[C@@H]1Cl)Cc1ccc(Cl)c(Cl)c1. The van der Waals surface area contributed by atoms with E-state index in [1.807, 2.05) is 6.07 Å². The van der Waals surface area contributed by atoms with Gasteiger partial charge < -0.3 is 5.32 Å². The number of amides is 1. The first-order valence-corrected chi connectivity index (χ1v) is 9.94. The van der Waals surface area contributed by atoms with Crippen LogP contribution in [0.25, 0.3) is 0 Å². The Balaban J connectivity index is 1.86. The van der Waals surface area contributed by atoms with Crippen molar-refractivity contribution in [2.75, 3.05) is 25.1 Å². The van der Waals surface area contributed by atoms with Gasteiger partial charge in [0.05, 0.1) is 39.5 Å². The smallest absolute Gasteiger partial charge is 0.234 e. The molecule has 0 spiro atoms. The fourth-order valence-corrected chi connectivity index (χ4v) is 5.31. The summed E-state index contributed by atoms with van der Waals surface area (Å²) in [7, 11) is -1.38. The molecule has 0 saturated carbocycles. The summed E-state index contributed by atoms with van der Waals surface area (Å²) in [6, 6.07) is 4.75. The summed E-state index contributed by atoms with van der Waals surface area (Å²) in [5.74, 6) is -0.470. The summed E-state index contributed by atoms with van der Waals surface area (Å²) in [5, 5.41) is 3.04. The molecule has 5 nitrogen and oxygen atoms in total. The van der Waals surface area contributed by atoms with E-state index < -0.39 is 21.3 Å². The standard InChI is InChI=1S/C14H17Cl3N2O3S/c1-19(5-9-2-3-10(15)11(16)4-9)6-14(20)18-13-8-23(21,22)7-12(13)17/h2-4,12-13H,5-8H2,1H3,(H,18,20)/t12-,13-/m0/s1. The van der Waals surface area contributed by atoms with Crippen LogP contribution in [0.1, 0.15) is 5.56 Å². The van der Waals surface area contributed by atoms with Crippen LogP contribution in [-0.4, -0.2) is 55.7 Å².